The molecule has 0 saturated heterocycles. The van der Waals surface area contributed by atoms with Crippen LogP contribution >= 0.6 is 0 Å². The van der Waals surface area contributed by atoms with Crippen molar-refractivity contribution in [3.05, 3.63) is 24.3 Å². The van der Waals surface area contributed by atoms with Crippen molar-refractivity contribution in [1.82, 2.24) is 0 Å². The summed E-state index contributed by atoms with van der Waals surface area (Å²) in [5.74, 6) is 1.86. The summed E-state index contributed by atoms with van der Waals surface area (Å²) in [5.41, 5.74) is 0.922. The molecule has 0 heterocycles. The minimum Gasteiger partial charge on any atom is -0.508 e. The quantitative estimate of drug-likeness (QED) is 0.864. The van der Waals surface area contributed by atoms with Gasteiger partial charge in [0.05, 0.1) is 5.41 Å². The lowest BCUT2D eigenvalue weighted by molar-refractivity contribution is -0.149. The number of aromatic hydroxyl groups is 1. The predicted octanol–water partition coefficient (Wildman–Crippen LogP) is 3.94. The number of amides is 1. The first-order valence-corrected chi connectivity index (χ1v) is 8.07. The van der Waals surface area contributed by atoms with Crippen LogP contribution in [0.1, 0.15) is 45.4 Å². The van der Waals surface area contributed by atoms with Crippen LogP contribution in [0.2, 0.25) is 0 Å². The maximum Gasteiger partial charge on any atom is 0.230 e. The molecule has 4 aliphatic carbocycles. The average molecular weight is 285 g/mol. The molecular weight excluding hydrogens is 262 g/mol. The maximum absolute atomic E-state index is 12.9. The van der Waals surface area contributed by atoms with Gasteiger partial charge in [0, 0.05) is 11.8 Å². The zero-order valence-corrected chi connectivity index (χ0v) is 12.6. The van der Waals surface area contributed by atoms with E-state index in [0.717, 1.165) is 31.1 Å². The molecule has 0 radical (unpaired) electrons. The van der Waals surface area contributed by atoms with Gasteiger partial charge in [-0.2, -0.15) is 0 Å². The number of phenolic OH excluding ortho intramolecular Hbond substituents is 1. The van der Waals surface area contributed by atoms with Gasteiger partial charge in [0.2, 0.25) is 5.91 Å². The fraction of sp³-hybridized carbons (Fsp3) is 0.611. The van der Waals surface area contributed by atoms with E-state index < -0.39 is 0 Å². The van der Waals surface area contributed by atoms with Gasteiger partial charge in [-0.1, -0.05) is 13.0 Å². The Morgan fingerprint density at radius 1 is 1.24 bits per heavy atom. The van der Waals surface area contributed by atoms with Gasteiger partial charge in [-0.15, -0.1) is 0 Å². The smallest absolute Gasteiger partial charge is 0.230 e. The number of nitrogens with one attached hydrogen (secondary N) is 1. The monoisotopic (exact) mass is 285 g/mol. The Balaban J connectivity index is 1.59. The van der Waals surface area contributed by atoms with Gasteiger partial charge in [-0.25, -0.2) is 0 Å². The number of carbonyl (C=O) groups is 1. The van der Waals surface area contributed by atoms with Crippen LogP contribution in [-0.2, 0) is 4.79 Å². The molecular formula is C18H23NO2. The van der Waals surface area contributed by atoms with Gasteiger partial charge >= 0.3 is 0 Å². The van der Waals surface area contributed by atoms with E-state index >= 15 is 0 Å². The Hall–Kier alpha value is -1.51. The Labute approximate surface area is 125 Å². The molecule has 1 aromatic rings. The first-order valence-electron chi connectivity index (χ1n) is 8.07. The normalized spacial score (nSPS) is 40.2. The number of rotatable bonds is 2. The third-order valence-corrected chi connectivity index (χ3v) is 5.94. The van der Waals surface area contributed by atoms with E-state index in [1.165, 1.54) is 19.3 Å². The molecule has 2 atom stereocenters. The highest BCUT2D eigenvalue weighted by Crippen LogP contribution is 2.65. The number of phenols is 1. The van der Waals surface area contributed by atoms with Crippen molar-refractivity contribution in [2.45, 2.75) is 45.4 Å². The van der Waals surface area contributed by atoms with Crippen molar-refractivity contribution in [3.63, 3.8) is 0 Å². The van der Waals surface area contributed by atoms with E-state index in [1.807, 2.05) is 6.07 Å². The SMILES string of the molecule is CC12CC3CC(C1)CC(C(=O)Nc1cccc(O)c1)(C3)C2. The molecule has 1 amide bonds. The van der Waals surface area contributed by atoms with E-state index in [4.69, 9.17) is 0 Å². The minimum atomic E-state index is -0.162. The zero-order valence-electron chi connectivity index (χ0n) is 12.6. The summed E-state index contributed by atoms with van der Waals surface area (Å²) in [6, 6.07) is 6.87. The fourth-order valence-corrected chi connectivity index (χ4v) is 5.83. The number of hydrogen-bond donors (Lipinski definition) is 2. The van der Waals surface area contributed by atoms with Gasteiger partial charge in [0.1, 0.15) is 5.75 Å². The molecule has 3 nitrogen and oxygen atoms in total. The summed E-state index contributed by atoms with van der Waals surface area (Å²) in [5, 5.41) is 12.6. The van der Waals surface area contributed by atoms with Crippen LogP contribution in [0.5, 0.6) is 5.75 Å². The molecule has 4 saturated carbocycles. The van der Waals surface area contributed by atoms with Gasteiger partial charge in [-0.05, 0) is 67.9 Å². The molecule has 4 bridgehead atoms. The lowest BCUT2D eigenvalue weighted by Gasteiger charge is -2.60. The lowest BCUT2D eigenvalue weighted by Crippen LogP contribution is -2.55. The average Bonchev–Trinajstić information content (AvgIpc) is 2.35. The summed E-state index contributed by atoms with van der Waals surface area (Å²) in [6.45, 7) is 2.38. The van der Waals surface area contributed by atoms with Crippen LogP contribution in [0.4, 0.5) is 5.69 Å². The zero-order chi connectivity index (χ0) is 14.7. The lowest BCUT2D eigenvalue weighted by atomic mass is 9.44. The van der Waals surface area contributed by atoms with Crippen LogP contribution in [0.25, 0.3) is 0 Å². The molecule has 1 aromatic carbocycles. The Morgan fingerprint density at radius 2 is 1.95 bits per heavy atom. The molecule has 0 aromatic heterocycles. The summed E-state index contributed by atoms with van der Waals surface area (Å²) < 4.78 is 0. The second-order valence-corrected chi connectivity index (χ2v) is 8.06. The van der Waals surface area contributed by atoms with Crippen LogP contribution in [-0.4, -0.2) is 11.0 Å². The molecule has 0 spiro atoms. The van der Waals surface area contributed by atoms with Crippen molar-refractivity contribution < 1.29 is 9.90 Å². The summed E-state index contributed by atoms with van der Waals surface area (Å²) in [4.78, 5) is 12.9. The van der Waals surface area contributed by atoms with Gasteiger partial charge < -0.3 is 10.4 Å². The van der Waals surface area contributed by atoms with Gasteiger partial charge in [0.25, 0.3) is 0 Å². The Kier molecular flexibility index (Phi) is 2.66. The van der Waals surface area contributed by atoms with Crippen LogP contribution in [0.3, 0.4) is 0 Å². The summed E-state index contributed by atoms with van der Waals surface area (Å²) in [7, 11) is 0. The molecule has 2 unspecified atom stereocenters. The van der Waals surface area contributed by atoms with Crippen LogP contribution < -0.4 is 5.32 Å². The number of anilines is 1. The summed E-state index contributed by atoms with van der Waals surface area (Å²) >= 11 is 0. The van der Waals surface area contributed by atoms with Crippen LogP contribution in [0.15, 0.2) is 24.3 Å². The topological polar surface area (TPSA) is 49.3 Å². The number of hydrogen-bond acceptors (Lipinski definition) is 2. The second kappa shape index (κ2) is 4.25. The highest BCUT2D eigenvalue weighted by atomic mass is 16.3. The molecule has 4 fully saturated rings. The first kappa shape index (κ1) is 13.2. The van der Waals surface area contributed by atoms with E-state index in [-0.39, 0.29) is 17.1 Å². The number of carbonyl (C=O) groups excluding carboxylic acids is 1. The first-order chi connectivity index (χ1) is 9.96. The third-order valence-electron chi connectivity index (χ3n) is 5.94. The molecule has 5 rings (SSSR count). The predicted molar refractivity (Wildman–Crippen MR) is 82.0 cm³/mol. The van der Waals surface area contributed by atoms with E-state index in [1.54, 1.807) is 18.2 Å². The molecule has 3 heteroatoms. The molecule has 112 valence electrons. The Bertz CT molecular complexity index is 581. The second-order valence-electron chi connectivity index (χ2n) is 8.06. The van der Waals surface area contributed by atoms with Crippen molar-refractivity contribution in [2.24, 2.45) is 22.7 Å². The molecule has 4 aliphatic rings. The van der Waals surface area contributed by atoms with E-state index in [2.05, 4.69) is 12.2 Å². The Morgan fingerprint density at radius 3 is 2.57 bits per heavy atom. The van der Waals surface area contributed by atoms with Gasteiger partial charge in [0.15, 0.2) is 0 Å². The van der Waals surface area contributed by atoms with E-state index in [9.17, 15) is 9.90 Å². The van der Waals surface area contributed by atoms with Crippen molar-refractivity contribution in [3.8, 4) is 5.75 Å². The highest BCUT2D eigenvalue weighted by Gasteiger charge is 2.58. The van der Waals surface area contributed by atoms with Crippen molar-refractivity contribution in [1.29, 1.82) is 0 Å². The molecule has 21 heavy (non-hydrogen) atoms. The molecule has 2 N–H and O–H groups in total. The fourth-order valence-electron chi connectivity index (χ4n) is 5.83. The minimum absolute atomic E-state index is 0.162. The third kappa shape index (κ3) is 2.14. The van der Waals surface area contributed by atoms with E-state index in [0.29, 0.717) is 11.1 Å². The summed E-state index contributed by atoms with van der Waals surface area (Å²) in [6.07, 6.45) is 7.11. The van der Waals surface area contributed by atoms with Crippen molar-refractivity contribution in [2.75, 3.05) is 5.32 Å². The highest BCUT2D eigenvalue weighted by molar-refractivity contribution is 5.95. The van der Waals surface area contributed by atoms with Crippen molar-refractivity contribution >= 4 is 11.6 Å². The number of benzene rings is 1. The maximum atomic E-state index is 12.9. The van der Waals surface area contributed by atoms with Gasteiger partial charge in [-0.3, -0.25) is 4.79 Å². The largest absolute Gasteiger partial charge is 0.508 e. The standard InChI is InChI=1S/C18H23NO2/c1-17-7-12-5-13(8-17)10-18(9-12,11-17)16(21)19-14-3-2-4-15(20)6-14/h2-4,6,12-13,20H,5,7-11H2,1H3,(H,19,21). The van der Waals surface area contributed by atoms with Crippen LogP contribution in [0, 0.1) is 22.7 Å². The molecule has 0 aliphatic heterocycles.